The predicted molar refractivity (Wildman–Crippen MR) is 181 cm³/mol. The first-order chi connectivity index (χ1) is 21.2. The highest BCUT2D eigenvalue weighted by Crippen LogP contribution is 2.49. The van der Waals surface area contributed by atoms with Crippen molar-refractivity contribution in [2.45, 2.75) is 140 Å². The SMILES string of the molecule is CC(C)c1ccccc1C(Nc1c(C2CCCC2)cccc1C1CCCC1)c1cccc(C2CCCC3CCCCC32)n1. The second-order valence-electron chi connectivity index (χ2n) is 14.9. The van der Waals surface area contributed by atoms with Gasteiger partial charge >= 0.3 is 0 Å². The Balaban J connectivity index is 1.33. The number of pyridine rings is 1. The Kier molecular flexibility index (Phi) is 8.92. The van der Waals surface area contributed by atoms with Gasteiger partial charge in [-0.15, -0.1) is 0 Å². The van der Waals surface area contributed by atoms with Gasteiger partial charge < -0.3 is 5.32 Å². The monoisotopic (exact) mass is 574 g/mol. The van der Waals surface area contributed by atoms with E-state index in [-0.39, 0.29) is 6.04 Å². The van der Waals surface area contributed by atoms with Gasteiger partial charge in [-0.2, -0.15) is 0 Å². The first kappa shape index (κ1) is 29.1. The quantitative estimate of drug-likeness (QED) is 0.289. The van der Waals surface area contributed by atoms with Crippen molar-refractivity contribution in [2.24, 2.45) is 11.8 Å². The van der Waals surface area contributed by atoms with Crippen LogP contribution < -0.4 is 5.32 Å². The van der Waals surface area contributed by atoms with Crippen LogP contribution in [0, 0.1) is 11.8 Å². The highest BCUT2D eigenvalue weighted by atomic mass is 15.0. The molecule has 4 aliphatic carbocycles. The van der Waals surface area contributed by atoms with Gasteiger partial charge in [0, 0.05) is 17.3 Å². The fourth-order valence-corrected chi connectivity index (χ4v) is 9.81. The van der Waals surface area contributed by atoms with Gasteiger partial charge in [0.1, 0.15) is 0 Å². The minimum Gasteiger partial charge on any atom is -0.372 e. The van der Waals surface area contributed by atoms with E-state index >= 15 is 0 Å². The maximum Gasteiger partial charge on any atom is 0.0943 e. The number of anilines is 1. The van der Waals surface area contributed by atoms with Gasteiger partial charge in [0.2, 0.25) is 0 Å². The van der Waals surface area contributed by atoms with Gasteiger partial charge in [-0.05, 0) is 103 Å². The van der Waals surface area contributed by atoms with E-state index in [4.69, 9.17) is 4.98 Å². The van der Waals surface area contributed by atoms with Gasteiger partial charge in [0.15, 0.2) is 0 Å². The molecule has 4 unspecified atom stereocenters. The molecule has 4 fully saturated rings. The van der Waals surface area contributed by atoms with Crippen molar-refractivity contribution in [1.82, 2.24) is 4.98 Å². The number of para-hydroxylation sites is 1. The molecule has 1 aromatic heterocycles. The standard InChI is InChI=1S/C41H54N2/c1-28(2)32-20-9-10-22-37(32)41(39-27-13-26-38(42-39)36-25-11-19-29-14-7-8-21-33(29)36)43-40-34(30-15-3-4-16-30)23-12-24-35(40)31-17-5-6-18-31/h9-10,12-13,20,22-24,26-31,33,36,41,43H,3-8,11,14-19,21,25H2,1-2H3. The molecule has 1 N–H and O–H groups in total. The summed E-state index contributed by atoms with van der Waals surface area (Å²) >= 11 is 0. The smallest absolute Gasteiger partial charge is 0.0943 e. The average Bonchev–Trinajstić information content (AvgIpc) is 3.79. The van der Waals surface area contributed by atoms with Crippen molar-refractivity contribution in [2.75, 3.05) is 5.32 Å². The van der Waals surface area contributed by atoms with Crippen LogP contribution in [0.2, 0.25) is 0 Å². The Hall–Kier alpha value is -2.61. The van der Waals surface area contributed by atoms with Crippen LogP contribution in [0.3, 0.4) is 0 Å². The molecule has 4 atom stereocenters. The van der Waals surface area contributed by atoms with Crippen LogP contribution in [0.5, 0.6) is 0 Å². The lowest BCUT2D eigenvalue weighted by Crippen LogP contribution is -2.30. The van der Waals surface area contributed by atoms with Crippen molar-refractivity contribution in [3.05, 3.63) is 94.3 Å². The van der Waals surface area contributed by atoms with Crippen molar-refractivity contribution >= 4 is 5.69 Å². The molecular weight excluding hydrogens is 520 g/mol. The summed E-state index contributed by atoms with van der Waals surface area (Å²) < 4.78 is 0. The highest BCUT2D eigenvalue weighted by molar-refractivity contribution is 5.63. The number of benzene rings is 2. The summed E-state index contributed by atoms with van der Waals surface area (Å²) in [5, 5.41) is 4.32. The van der Waals surface area contributed by atoms with Crippen LogP contribution in [0.25, 0.3) is 0 Å². The van der Waals surface area contributed by atoms with Gasteiger partial charge in [-0.25, -0.2) is 0 Å². The fourth-order valence-electron chi connectivity index (χ4n) is 9.81. The third kappa shape index (κ3) is 6.05. The molecule has 3 aromatic rings. The lowest BCUT2D eigenvalue weighted by atomic mass is 9.64. The van der Waals surface area contributed by atoms with E-state index in [2.05, 4.69) is 79.8 Å². The van der Waals surface area contributed by atoms with E-state index in [0.29, 0.717) is 23.7 Å². The lowest BCUT2D eigenvalue weighted by molar-refractivity contribution is 0.142. The zero-order chi connectivity index (χ0) is 29.2. The molecule has 2 heteroatoms. The first-order valence-corrected chi connectivity index (χ1v) is 18.1. The number of nitrogens with zero attached hydrogens (tertiary/aromatic N) is 1. The molecule has 0 spiro atoms. The summed E-state index contributed by atoms with van der Waals surface area (Å²) in [6.45, 7) is 4.70. The molecular formula is C41H54N2. The number of rotatable bonds is 8. The molecule has 0 radical (unpaired) electrons. The van der Waals surface area contributed by atoms with Gasteiger partial charge in [0.05, 0.1) is 11.7 Å². The third-order valence-electron chi connectivity index (χ3n) is 12.0. The van der Waals surface area contributed by atoms with Crippen LogP contribution in [0.1, 0.15) is 174 Å². The largest absolute Gasteiger partial charge is 0.372 e. The van der Waals surface area contributed by atoms with E-state index in [1.807, 2.05) is 0 Å². The number of fused-ring (bicyclic) bond motifs is 1. The predicted octanol–water partition coefficient (Wildman–Crippen LogP) is 11.8. The van der Waals surface area contributed by atoms with Crippen LogP contribution in [0.4, 0.5) is 5.69 Å². The number of aromatic nitrogens is 1. The fraction of sp³-hybridized carbons (Fsp3) is 0.585. The summed E-state index contributed by atoms with van der Waals surface area (Å²) in [7, 11) is 0. The summed E-state index contributed by atoms with van der Waals surface area (Å²) in [4.78, 5) is 5.65. The minimum atomic E-state index is 0.0481. The maximum atomic E-state index is 5.65. The zero-order valence-electron chi connectivity index (χ0n) is 26.9. The van der Waals surface area contributed by atoms with Crippen LogP contribution >= 0.6 is 0 Å². The summed E-state index contributed by atoms with van der Waals surface area (Å²) in [6, 6.07) is 23.6. The molecule has 0 saturated heterocycles. The van der Waals surface area contributed by atoms with Gasteiger partial charge in [-0.1, -0.05) is 120 Å². The number of hydrogen-bond donors (Lipinski definition) is 1. The summed E-state index contributed by atoms with van der Waals surface area (Å²) in [6.07, 6.45) is 20.6. The molecule has 43 heavy (non-hydrogen) atoms. The molecule has 1 heterocycles. The zero-order valence-corrected chi connectivity index (χ0v) is 26.9. The van der Waals surface area contributed by atoms with Crippen molar-refractivity contribution in [3.63, 3.8) is 0 Å². The maximum absolute atomic E-state index is 5.65. The molecule has 2 aromatic carbocycles. The van der Waals surface area contributed by atoms with Crippen molar-refractivity contribution in [3.8, 4) is 0 Å². The van der Waals surface area contributed by atoms with E-state index in [9.17, 15) is 0 Å². The van der Waals surface area contributed by atoms with E-state index < -0.39 is 0 Å². The van der Waals surface area contributed by atoms with Gasteiger partial charge in [0.25, 0.3) is 0 Å². The second-order valence-corrected chi connectivity index (χ2v) is 14.9. The topological polar surface area (TPSA) is 24.9 Å². The Morgan fingerprint density at radius 1 is 0.605 bits per heavy atom. The van der Waals surface area contributed by atoms with Crippen LogP contribution in [-0.4, -0.2) is 4.98 Å². The summed E-state index contributed by atoms with van der Waals surface area (Å²) in [5.74, 6) is 4.19. The molecule has 2 nitrogen and oxygen atoms in total. The number of hydrogen-bond acceptors (Lipinski definition) is 2. The Labute approximate surface area is 261 Å². The lowest BCUT2D eigenvalue weighted by Gasteiger charge is -2.41. The molecule has 0 bridgehead atoms. The molecule has 0 aliphatic heterocycles. The number of nitrogens with one attached hydrogen (secondary N) is 1. The third-order valence-corrected chi connectivity index (χ3v) is 12.0. The normalized spacial score (nSPS) is 25.6. The minimum absolute atomic E-state index is 0.0481. The summed E-state index contributed by atoms with van der Waals surface area (Å²) in [5.41, 5.74) is 10.0. The Morgan fingerprint density at radius 3 is 1.91 bits per heavy atom. The first-order valence-electron chi connectivity index (χ1n) is 18.1. The molecule has 7 rings (SSSR count). The molecule has 228 valence electrons. The van der Waals surface area contributed by atoms with E-state index in [1.54, 1.807) is 11.1 Å². The van der Waals surface area contributed by atoms with Crippen molar-refractivity contribution < 1.29 is 0 Å². The van der Waals surface area contributed by atoms with Crippen LogP contribution in [-0.2, 0) is 0 Å². The Morgan fingerprint density at radius 2 is 1.21 bits per heavy atom. The Bertz CT molecular complexity index is 1330. The van der Waals surface area contributed by atoms with E-state index in [0.717, 1.165) is 11.8 Å². The second kappa shape index (κ2) is 13.2. The van der Waals surface area contributed by atoms with Crippen molar-refractivity contribution in [1.29, 1.82) is 0 Å². The van der Waals surface area contributed by atoms with Gasteiger partial charge in [-0.3, -0.25) is 4.98 Å². The van der Waals surface area contributed by atoms with E-state index in [1.165, 1.54) is 125 Å². The average molecular weight is 575 g/mol. The molecule has 0 amide bonds. The molecule has 4 saturated carbocycles. The molecule has 4 aliphatic rings. The van der Waals surface area contributed by atoms with Crippen LogP contribution in [0.15, 0.2) is 60.7 Å². The highest BCUT2D eigenvalue weighted by Gasteiger charge is 2.37.